The van der Waals surface area contributed by atoms with Crippen LogP contribution >= 0.6 is 0 Å². The van der Waals surface area contributed by atoms with Gasteiger partial charge in [0.1, 0.15) is 5.75 Å². The molecule has 0 saturated heterocycles. The maximum atomic E-state index is 12.1. The molecule has 29 heavy (non-hydrogen) atoms. The molecule has 0 aliphatic rings. The summed E-state index contributed by atoms with van der Waals surface area (Å²) in [5, 5.41) is 6.76. The van der Waals surface area contributed by atoms with Crippen LogP contribution in [0.4, 0.5) is 5.69 Å². The van der Waals surface area contributed by atoms with Gasteiger partial charge in [0.2, 0.25) is 17.6 Å². The molecule has 0 atom stereocenters. The van der Waals surface area contributed by atoms with Gasteiger partial charge in [-0.15, -0.1) is 0 Å². The van der Waals surface area contributed by atoms with E-state index in [1.807, 2.05) is 24.3 Å². The lowest BCUT2D eigenvalue weighted by molar-refractivity contribution is -0.116. The minimum absolute atomic E-state index is 0.134. The number of benzene rings is 2. The van der Waals surface area contributed by atoms with E-state index in [0.717, 1.165) is 11.3 Å². The van der Waals surface area contributed by atoms with E-state index >= 15 is 0 Å². The van der Waals surface area contributed by atoms with Crippen LogP contribution in [0.1, 0.15) is 29.1 Å². The molecule has 1 heterocycles. The summed E-state index contributed by atoms with van der Waals surface area (Å²) in [5.41, 5.74) is 1.87. The van der Waals surface area contributed by atoms with Gasteiger partial charge in [-0.25, -0.2) is 4.79 Å². The van der Waals surface area contributed by atoms with Crippen LogP contribution in [-0.4, -0.2) is 36.2 Å². The van der Waals surface area contributed by atoms with Crippen LogP contribution in [0.25, 0.3) is 11.4 Å². The Labute approximate surface area is 167 Å². The molecule has 2 aromatic carbocycles. The predicted molar refractivity (Wildman–Crippen MR) is 106 cm³/mol. The SMILES string of the molecule is COC(=O)c1ccc(NC(=O)CCCc2nc(-c3ccc(OC)cc3)no2)cc1. The number of amides is 1. The number of ether oxygens (including phenoxy) is 2. The average molecular weight is 395 g/mol. The number of esters is 1. The summed E-state index contributed by atoms with van der Waals surface area (Å²) >= 11 is 0. The normalized spacial score (nSPS) is 10.4. The van der Waals surface area contributed by atoms with E-state index in [9.17, 15) is 9.59 Å². The third-order valence-corrected chi connectivity index (χ3v) is 4.20. The van der Waals surface area contributed by atoms with E-state index in [2.05, 4.69) is 20.2 Å². The number of nitrogens with one attached hydrogen (secondary N) is 1. The van der Waals surface area contributed by atoms with E-state index in [4.69, 9.17) is 9.26 Å². The number of anilines is 1. The van der Waals surface area contributed by atoms with Crippen LogP contribution in [0, 0.1) is 0 Å². The van der Waals surface area contributed by atoms with Crippen LogP contribution in [0.15, 0.2) is 53.1 Å². The molecule has 8 nitrogen and oxygen atoms in total. The standard InChI is InChI=1S/C21H21N3O5/c1-27-17-12-8-14(9-13-17)20-23-19(29-24-20)5-3-4-18(25)22-16-10-6-15(7-11-16)21(26)28-2/h6-13H,3-5H2,1-2H3,(H,22,25). The van der Waals surface area contributed by atoms with Crippen LogP contribution in [0.3, 0.4) is 0 Å². The smallest absolute Gasteiger partial charge is 0.337 e. The third-order valence-electron chi connectivity index (χ3n) is 4.20. The first-order valence-electron chi connectivity index (χ1n) is 9.04. The fourth-order valence-corrected chi connectivity index (χ4v) is 2.64. The Hall–Kier alpha value is -3.68. The number of carbonyl (C=O) groups excluding carboxylic acids is 2. The maximum Gasteiger partial charge on any atom is 0.337 e. The molecule has 3 aromatic rings. The van der Waals surface area contributed by atoms with Gasteiger partial charge in [0.25, 0.3) is 0 Å². The molecule has 0 radical (unpaired) electrons. The lowest BCUT2D eigenvalue weighted by Crippen LogP contribution is -2.11. The molecule has 0 spiro atoms. The van der Waals surface area contributed by atoms with Crippen molar-refractivity contribution in [3.8, 4) is 17.1 Å². The van der Waals surface area contributed by atoms with E-state index < -0.39 is 5.97 Å². The minimum Gasteiger partial charge on any atom is -0.497 e. The first-order valence-corrected chi connectivity index (χ1v) is 9.04. The second-order valence-electron chi connectivity index (χ2n) is 6.21. The van der Waals surface area contributed by atoms with Crippen molar-refractivity contribution < 1.29 is 23.6 Å². The molecule has 0 fully saturated rings. The van der Waals surface area contributed by atoms with Gasteiger partial charge in [0.05, 0.1) is 19.8 Å². The lowest BCUT2D eigenvalue weighted by atomic mass is 10.2. The highest BCUT2D eigenvalue weighted by atomic mass is 16.5. The van der Waals surface area contributed by atoms with Gasteiger partial charge in [-0.05, 0) is 55.0 Å². The largest absolute Gasteiger partial charge is 0.497 e. The van der Waals surface area contributed by atoms with Crippen molar-refractivity contribution in [3.05, 3.63) is 60.0 Å². The van der Waals surface area contributed by atoms with Crippen molar-refractivity contribution in [1.82, 2.24) is 10.1 Å². The number of aryl methyl sites for hydroxylation is 1. The van der Waals surface area contributed by atoms with Crippen molar-refractivity contribution in [3.63, 3.8) is 0 Å². The monoisotopic (exact) mass is 395 g/mol. The molecular formula is C21H21N3O5. The van der Waals surface area contributed by atoms with Gasteiger partial charge < -0.3 is 19.3 Å². The van der Waals surface area contributed by atoms with Gasteiger partial charge in [-0.3, -0.25) is 4.79 Å². The lowest BCUT2D eigenvalue weighted by Gasteiger charge is -2.05. The third kappa shape index (κ3) is 5.41. The van der Waals surface area contributed by atoms with Crippen molar-refractivity contribution in [2.24, 2.45) is 0 Å². The molecular weight excluding hydrogens is 374 g/mol. The average Bonchev–Trinajstić information content (AvgIpc) is 3.22. The van der Waals surface area contributed by atoms with Crippen molar-refractivity contribution in [1.29, 1.82) is 0 Å². The summed E-state index contributed by atoms with van der Waals surface area (Å²) < 4.78 is 15.0. The Morgan fingerprint density at radius 2 is 1.76 bits per heavy atom. The molecule has 3 rings (SSSR count). The van der Waals surface area contributed by atoms with E-state index in [1.54, 1.807) is 31.4 Å². The fraction of sp³-hybridized carbons (Fsp3) is 0.238. The highest BCUT2D eigenvalue weighted by molar-refractivity contribution is 5.93. The Morgan fingerprint density at radius 3 is 2.41 bits per heavy atom. The summed E-state index contributed by atoms with van der Waals surface area (Å²) in [7, 11) is 2.93. The molecule has 0 aliphatic carbocycles. The summed E-state index contributed by atoms with van der Waals surface area (Å²) in [4.78, 5) is 27.8. The Kier molecular flexibility index (Phi) is 6.57. The maximum absolute atomic E-state index is 12.1. The Morgan fingerprint density at radius 1 is 1.03 bits per heavy atom. The molecule has 0 aliphatic heterocycles. The van der Waals surface area contributed by atoms with Crippen LogP contribution in [0.2, 0.25) is 0 Å². The van der Waals surface area contributed by atoms with E-state index in [-0.39, 0.29) is 5.91 Å². The van der Waals surface area contributed by atoms with Gasteiger partial charge in [-0.1, -0.05) is 5.16 Å². The van der Waals surface area contributed by atoms with Crippen molar-refractivity contribution in [2.45, 2.75) is 19.3 Å². The van der Waals surface area contributed by atoms with E-state index in [0.29, 0.717) is 42.2 Å². The molecule has 0 bridgehead atoms. The summed E-state index contributed by atoms with van der Waals surface area (Å²) in [6, 6.07) is 13.9. The second kappa shape index (κ2) is 9.50. The van der Waals surface area contributed by atoms with Gasteiger partial charge in [0.15, 0.2) is 0 Å². The fourth-order valence-electron chi connectivity index (χ4n) is 2.64. The molecule has 0 unspecified atom stereocenters. The predicted octanol–water partition coefficient (Wildman–Crippen LogP) is 3.49. The number of nitrogens with zero attached hydrogens (tertiary/aromatic N) is 2. The number of aromatic nitrogens is 2. The zero-order valence-corrected chi connectivity index (χ0v) is 16.2. The quantitative estimate of drug-likeness (QED) is 0.582. The van der Waals surface area contributed by atoms with Gasteiger partial charge in [-0.2, -0.15) is 4.98 Å². The highest BCUT2D eigenvalue weighted by Crippen LogP contribution is 2.20. The summed E-state index contributed by atoms with van der Waals surface area (Å²) in [6.45, 7) is 0. The zero-order valence-electron chi connectivity index (χ0n) is 16.2. The van der Waals surface area contributed by atoms with Gasteiger partial charge >= 0.3 is 5.97 Å². The molecule has 8 heteroatoms. The summed E-state index contributed by atoms with van der Waals surface area (Å²) in [6.07, 6.45) is 1.37. The van der Waals surface area contributed by atoms with Crippen LogP contribution < -0.4 is 10.1 Å². The topological polar surface area (TPSA) is 104 Å². The number of rotatable bonds is 8. The number of carbonyl (C=O) groups is 2. The van der Waals surface area contributed by atoms with Gasteiger partial charge in [0, 0.05) is 24.1 Å². The zero-order chi connectivity index (χ0) is 20.6. The molecule has 1 aromatic heterocycles. The van der Waals surface area contributed by atoms with Crippen molar-refractivity contribution in [2.75, 3.05) is 19.5 Å². The Bertz CT molecular complexity index is 965. The molecule has 1 N–H and O–H groups in total. The molecule has 0 saturated carbocycles. The number of hydrogen-bond acceptors (Lipinski definition) is 7. The highest BCUT2D eigenvalue weighted by Gasteiger charge is 2.10. The Balaban J connectivity index is 1.46. The number of hydrogen-bond donors (Lipinski definition) is 1. The second-order valence-corrected chi connectivity index (χ2v) is 6.21. The number of methoxy groups -OCH3 is 2. The van der Waals surface area contributed by atoms with Crippen molar-refractivity contribution >= 4 is 17.6 Å². The molecule has 1 amide bonds. The first kappa shape index (κ1) is 20.1. The van der Waals surface area contributed by atoms with Crippen LogP contribution in [-0.2, 0) is 16.0 Å². The van der Waals surface area contributed by atoms with Crippen LogP contribution in [0.5, 0.6) is 5.75 Å². The molecule has 150 valence electrons. The van der Waals surface area contributed by atoms with E-state index in [1.165, 1.54) is 7.11 Å². The summed E-state index contributed by atoms with van der Waals surface area (Å²) in [5.74, 6) is 1.18. The first-order chi connectivity index (χ1) is 14.1. The minimum atomic E-state index is -0.420.